The van der Waals surface area contributed by atoms with E-state index in [-0.39, 0.29) is 0 Å². The third-order valence-corrected chi connectivity index (χ3v) is 2.83. The fourth-order valence-corrected chi connectivity index (χ4v) is 1.96. The first-order chi connectivity index (χ1) is 8.86. The number of rotatable bonds is 3. The molecule has 0 fully saturated rings. The number of ether oxygens (including phenoxy) is 1. The second-order valence-corrected chi connectivity index (χ2v) is 4.06. The maximum Gasteiger partial charge on any atom is 0.119 e. The van der Waals surface area contributed by atoms with Crippen LogP contribution in [-0.2, 0) is 0 Å². The Bertz CT molecular complexity index is 623. The maximum absolute atomic E-state index is 5.43. The average molecular weight is 238 g/mol. The zero-order chi connectivity index (χ0) is 12.4. The second kappa shape index (κ2) is 4.53. The Morgan fingerprint density at radius 1 is 1.06 bits per heavy atom. The first-order valence-corrected chi connectivity index (χ1v) is 6.04. The lowest BCUT2D eigenvalue weighted by atomic mass is 10.3. The van der Waals surface area contributed by atoms with Crippen molar-refractivity contribution in [3.05, 3.63) is 54.7 Å². The number of nitrogens with zero attached hydrogens (tertiary/aromatic N) is 2. The molecule has 3 nitrogen and oxygen atoms in total. The maximum atomic E-state index is 5.43. The lowest BCUT2D eigenvalue weighted by Crippen LogP contribution is -1.95. The highest BCUT2D eigenvalue weighted by Crippen LogP contribution is 2.18. The van der Waals surface area contributed by atoms with Crippen molar-refractivity contribution in [2.45, 2.75) is 6.92 Å². The lowest BCUT2D eigenvalue weighted by Gasteiger charge is -2.04. The summed E-state index contributed by atoms with van der Waals surface area (Å²) in [6.45, 7) is 2.67. The molecule has 0 saturated carbocycles. The summed E-state index contributed by atoms with van der Waals surface area (Å²) in [5.74, 6) is 0.887. The SMILES string of the molecule is CCOc1ccc(-n2cc3ccccc3n2)cc1. The van der Waals surface area contributed by atoms with Crippen molar-refractivity contribution in [3.63, 3.8) is 0 Å². The molecule has 0 spiro atoms. The van der Waals surface area contributed by atoms with Crippen LogP contribution in [0.5, 0.6) is 5.75 Å². The van der Waals surface area contributed by atoms with Crippen molar-refractivity contribution in [2.75, 3.05) is 6.61 Å². The van der Waals surface area contributed by atoms with Gasteiger partial charge in [-0.05, 0) is 37.3 Å². The third-order valence-electron chi connectivity index (χ3n) is 2.83. The van der Waals surface area contributed by atoms with Crippen LogP contribution in [0.2, 0.25) is 0 Å². The number of hydrogen-bond donors (Lipinski definition) is 0. The normalized spacial score (nSPS) is 10.7. The van der Waals surface area contributed by atoms with Crippen LogP contribution in [0.4, 0.5) is 0 Å². The molecule has 0 unspecified atom stereocenters. The van der Waals surface area contributed by atoms with Gasteiger partial charge in [0.05, 0.1) is 17.8 Å². The number of fused-ring (bicyclic) bond motifs is 1. The first kappa shape index (κ1) is 10.8. The van der Waals surface area contributed by atoms with E-state index in [0.717, 1.165) is 22.3 Å². The molecule has 3 aromatic rings. The molecule has 18 heavy (non-hydrogen) atoms. The van der Waals surface area contributed by atoms with E-state index < -0.39 is 0 Å². The van der Waals surface area contributed by atoms with Crippen LogP contribution >= 0.6 is 0 Å². The average Bonchev–Trinajstić information content (AvgIpc) is 2.84. The Balaban J connectivity index is 1.98. The Kier molecular flexibility index (Phi) is 2.73. The second-order valence-electron chi connectivity index (χ2n) is 4.06. The monoisotopic (exact) mass is 238 g/mol. The van der Waals surface area contributed by atoms with Gasteiger partial charge in [-0.25, -0.2) is 4.68 Å². The molecular weight excluding hydrogens is 224 g/mol. The summed E-state index contributed by atoms with van der Waals surface area (Å²) in [5, 5.41) is 5.68. The van der Waals surface area contributed by atoms with Crippen LogP contribution in [0.1, 0.15) is 6.92 Å². The third kappa shape index (κ3) is 1.95. The van der Waals surface area contributed by atoms with Crippen LogP contribution in [0.25, 0.3) is 16.6 Å². The highest BCUT2D eigenvalue weighted by Gasteiger charge is 2.02. The van der Waals surface area contributed by atoms with Crippen LogP contribution in [0.15, 0.2) is 54.7 Å². The smallest absolute Gasteiger partial charge is 0.119 e. The Labute approximate surface area is 106 Å². The molecule has 0 aliphatic carbocycles. The molecule has 90 valence electrons. The Hall–Kier alpha value is -2.29. The van der Waals surface area contributed by atoms with E-state index in [2.05, 4.69) is 11.2 Å². The van der Waals surface area contributed by atoms with Crippen molar-refractivity contribution in [1.29, 1.82) is 0 Å². The van der Waals surface area contributed by atoms with Crippen LogP contribution in [0.3, 0.4) is 0 Å². The predicted octanol–water partition coefficient (Wildman–Crippen LogP) is 3.42. The van der Waals surface area contributed by atoms with E-state index in [9.17, 15) is 0 Å². The zero-order valence-corrected chi connectivity index (χ0v) is 10.2. The van der Waals surface area contributed by atoms with Gasteiger partial charge in [0.2, 0.25) is 0 Å². The van der Waals surface area contributed by atoms with E-state index >= 15 is 0 Å². The highest BCUT2D eigenvalue weighted by atomic mass is 16.5. The van der Waals surface area contributed by atoms with Gasteiger partial charge in [-0.3, -0.25) is 0 Å². The molecule has 3 heteroatoms. The van der Waals surface area contributed by atoms with Gasteiger partial charge in [0, 0.05) is 11.6 Å². The van der Waals surface area contributed by atoms with Gasteiger partial charge in [-0.15, -0.1) is 0 Å². The largest absolute Gasteiger partial charge is 0.494 e. The summed E-state index contributed by atoms with van der Waals surface area (Å²) in [5.41, 5.74) is 2.04. The minimum atomic E-state index is 0.686. The lowest BCUT2D eigenvalue weighted by molar-refractivity contribution is 0.340. The minimum Gasteiger partial charge on any atom is -0.494 e. The summed E-state index contributed by atoms with van der Waals surface area (Å²) in [6, 6.07) is 16.0. The molecule has 0 bridgehead atoms. The van der Waals surface area contributed by atoms with Crippen molar-refractivity contribution in [2.24, 2.45) is 0 Å². The Morgan fingerprint density at radius 2 is 1.83 bits per heavy atom. The highest BCUT2D eigenvalue weighted by molar-refractivity contribution is 5.78. The van der Waals surface area contributed by atoms with Crippen LogP contribution < -0.4 is 4.74 Å². The van der Waals surface area contributed by atoms with E-state index in [0.29, 0.717) is 6.61 Å². The molecule has 0 N–H and O–H groups in total. The van der Waals surface area contributed by atoms with Crippen molar-refractivity contribution in [1.82, 2.24) is 9.78 Å². The summed E-state index contributed by atoms with van der Waals surface area (Å²) < 4.78 is 7.32. The van der Waals surface area contributed by atoms with Gasteiger partial charge in [-0.2, -0.15) is 5.10 Å². The van der Waals surface area contributed by atoms with E-state index in [1.807, 2.05) is 60.3 Å². The van der Waals surface area contributed by atoms with Crippen molar-refractivity contribution < 1.29 is 4.74 Å². The van der Waals surface area contributed by atoms with Gasteiger partial charge >= 0.3 is 0 Å². The topological polar surface area (TPSA) is 27.1 Å². The predicted molar refractivity (Wildman–Crippen MR) is 72.2 cm³/mol. The summed E-state index contributed by atoms with van der Waals surface area (Å²) in [4.78, 5) is 0. The molecule has 1 aromatic heterocycles. The van der Waals surface area contributed by atoms with Gasteiger partial charge < -0.3 is 4.74 Å². The molecule has 0 atom stereocenters. The zero-order valence-electron chi connectivity index (χ0n) is 10.2. The summed E-state index contributed by atoms with van der Waals surface area (Å²) >= 11 is 0. The molecule has 0 aliphatic heterocycles. The van der Waals surface area contributed by atoms with E-state index in [1.165, 1.54) is 0 Å². The molecule has 1 heterocycles. The standard InChI is InChI=1S/C15H14N2O/c1-2-18-14-9-7-13(8-10-14)17-11-12-5-3-4-6-15(12)16-17/h3-11H,2H2,1H3. The summed E-state index contributed by atoms with van der Waals surface area (Å²) in [7, 11) is 0. The minimum absolute atomic E-state index is 0.686. The number of hydrogen-bond acceptors (Lipinski definition) is 2. The van der Waals surface area contributed by atoms with Crippen LogP contribution in [-0.4, -0.2) is 16.4 Å². The number of benzene rings is 2. The molecule has 3 rings (SSSR count). The van der Waals surface area contributed by atoms with Gasteiger partial charge in [-0.1, -0.05) is 18.2 Å². The molecular formula is C15H14N2O. The van der Waals surface area contributed by atoms with Gasteiger partial charge in [0.15, 0.2) is 0 Å². The molecule has 0 aliphatic rings. The van der Waals surface area contributed by atoms with Gasteiger partial charge in [0.1, 0.15) is 5.75 Å². The van der Waals surface area contributed by atoms with E-state index in [4.69, 9.17) is 4.74 Å². The molecule has 0 amide bonds. The summed E-state index contributed by atoms with van der Waals surface area (Å²) in [6.07, 6.45) is 2.03. The van der Waals surface area contributed by atoms with Crippen molar-refractivity contribution in [3.8, 4) is 11.4 Å². The molecule has 0 saturated heterocycles. The fourth-order valence-electron chi connectivity index (χ4n) is 1.96. The molecule has 0 radical (unpaired) electrons. The molecule has 2 aromatic carbocycles. The van der Waals surface area contributed by atoms with Gasteiger partial charge in [0.25, 0.3) is 0 Å². The fraction of sp³-hybridized carbons (Fsp3) is 0.133. The van der Waals surface area contributed by atoms with Crippen molar-refractivity contribution >= 4 is 10.9 Å². The number of aromatic nitrogens is 2. The first-order valence-electron chi connectivity index (χ1n) is 6.04. The Morgan fingerprint density at radius 3 is 2.56 bits per heavy atom. The van der Waals surface area contributed by atoms with E-state index in [1.54, 1.807) is 0 Å². The quantitative estimate of drug-likeness (QED) is 0.699. The van der Waals surface area contributed by atoms with Crippen LogP contribution in [0, 0.1) is 0 Å².